The summed E-state index contributed by atoms with van der Waals surface area (Å²) in [6, 6.07) is 10.0. The fraction of sp³-hybridized carbons (Fsp3) is 0.500. The Labute approximate surface area is 188 Å². The van der Waals surface area contributed by atoms with E-state index in [-0.39, 0.29) is 17.9 Å². The van der Waals surface area contributed by atoms with Gasteiger partial charge in [0.2, 0.25) is 11.8 Å². The molecule has 170 valence electrons. The molecule has 1 fully saturated rings. The normalized spacial score (nSPS) is 15.3. The zero-order chi connectivity index (χ0) is 22.9. The van der Waals surface area contributed by atoms with Gasteiger partial charge in [0.15, 0.2) is 0 Å². The van der Waals surface area contributed by atoms with Crippen LogP contribution in [-0.2, 0) is 16.1 Å². The van der Waals surface area contributed by atoms with Gasteiger partial charge in [-0.2, -0.15) is 5.10 Å². The highest BCUT2D eigenvalue weighted by Crippen LogP contribution is 2.27. The van der Waals surface area contributed by atoms with Crippen molar-refractivity contribution < 1.29 is 9.59 Å². The van der Waals surface area contributed by atoms with Gasteiger partial charge in [-0.3, -0.25) is 9.59 Å². The minimum atomic E-state index is -0.468. The van der Waals surface area contributed by atoms with Gasteiger partial charge in [-0.25, -0.2) is 9.67 Å². The number of aryl methyl sites for hydroxylation is 2. The first-order chi connectivity index (χ1) is 15.2. The topological polar surface area (TPSA) is 85.1 Å². The Bertz CT molecular complexity index is 1120. The minimum Gasteiger partial charge on any atom is -0.342 e. The molecule has 1 aromatic carbocycles. The number of carbonyl (C=O) groups excluding carboxylic acids is 2. The lowest BCUT2D eigenvalue weighted by atomic mass is 9.96. The molecule has 4 rings (SSSR count). The number of likely N-dealkylation sites (tertiary alicyclic amines) is 1. The molecule has 0 bridgehead atoms. The SMILES string of the molecule is Cc1nc2ccccc2n1CCC(=O)N1CCC(n2nccc2NC(=O)C(C)(C)C)CC1. The summed E-state index contributed by atoms with van der Waals surface area (Å²) in [6.07, 6.45) is 3.81. The second-order valence-electron chi connectivity index (χ2n) is 9.53. The Balaban J connectivity index is 1.33. The van der Waals surface area contributed by atoms with Crippen molar-refractivity contribution in [3.8, 4) is 0 Å². The van der Waals surface area contributed by atoms with E-state index >= 15 is 0 Å². The van der Waals surface area contributed by atoms with Crippen LogP contribution >= 0.6 is 0 Å². The van der Waals surface area contributed by atoms with Crippen LogP contribution in [0.25, 0.3) is 11.0 Å². The van der Waals surface area contributed by atoms with E-state index in [0.29, 0.717) is 26.1 Å². The van der Waals surface area contributed by atoms with Gasteiger partial charge in [-0.05, 0) is 31.9 Å². The van der Waals surface area contributed by atoms with E-state index in [1.165, 1.54) is 0 Å². The van der Waals surface area contributed by atoms with Gasteiger partial charge in [0, 0.05) is 37.5 Å². The summed E-state index contributed by atoms with van der Waals surface area (Å²) in [4.78, 5) is 31.8. The maximum Gasteiger partial charge on any atom is 0.230 e. The molecule has 1 aliphatic heterocycles. The van der Waals surface area contributed by atoms with Crippen molar-refractivity contribution in [3.05, 3.63) is 42.4 Å². The van der Waals surface area contributed by atoms with Gasteiger partial charge in [0.1, 0.15) is 11.6 Å². The third kappa shape index (κ3) is 4.54. The highest BCUT2D eigenvalue weighted by molar-refractivity contribution is 5.93. The third-order valence-corrected chi connectivity index (χ3v) is 6.15. The number of hydrogen-bond acceptors (Lipinski definition) is 4. The van der Waals surface area contributed by atoms with Gasteiger partial charge in [-0.1, -0.05) is 32.9 Å². The van der Waals surface area contributed by atoms with Gasteiger partial charge in [0.05, 0.1) is 23.3 Å². The van der Waals surface area contributed by atoms with Crippen LogP contribution in [0.2, 0.25) is 0 Å². The summed E-state index contributed by atoms with van der Waals surface area (Å²) in [7, 11) is 0. The van der Waals surface area contributed by atoms with E-state index in [2.05, 4.69) is 20.0 Å². The number of fused-ring (bicyclic) bond motifs is 1. The Morgan fingerprint density at radius 3 is 2.56 bits per heavy atom. The lowest BCUT2D eigenvalue weighted by Gasteiger charge is -2.33. The van der Waals surface area contributed by atoms with E-state index in [0.717, 1.165) is 35.5 Å². The van der Waals surface area contributed by atoms with E-state index in [1.807, 2.05) is 67.6 Å². The second kappa shape index (κ2) is 8.76. The van der Waals surface area contributed by atoms with Crippen LogP contribution in [0, 0.1) is 12.3 Å². The number of carbonyl (C=O) groups is 2. The molecule has 8 nitrogen and oxygen atoms in total. The summed E-state index contributed by atoms with van der Waals surface area (Å²) < 4.78 is 4.01. The van der Waals surface area contributed by atoms with Crippen LogP contribution in [0.15, 0.2) is 36.5 Å². The molecule has 32 heavy (non-hydrogen) atoms. The maximum absolute atomic E-state index is 12.9. The van der Waals surface area contributed by atoms with E-state index in [9.17, 15) is 9.59 Å². The van der Waals surface area contributed by atoms with Crippen molar-refractivity contribution in [1.29, 1.82) is 0 Å². The summed E-state index contributed by atoms with van der Waals surface area (Å²) in [6.45, 7) is 9.67. The van der Waals surface area contributed by atoms with Gasteiger partial charge >= 0.3 is 0 Å². The molecule has 2 aromatic heterocycles. The molecule has 3 heterocycles. The van der Waals surface area contributed by atoms with Crippen LogP contribution in [0.5, 0.6) is 0 Å². The summed E-state index contributed by atoms with van der Waals surface area (Å²) >= 11 is 0. The van der Waals surface area contributed by atoms with Crippen molar-refractivity contribution in [2.45, 2.75) is 59.5 Å². The molecule has 0 atom stereocenters. The molecule has 0 unspecified atom stereocenters. The number of nitrogens with zero attached hydrogens (tertiary/aromatic N) is 5. The minimum absolute atomic E-state index is 0.0332. The number of anilines is 1. The zero-order valence-corrected chi connectivity index (χ0v) is 19.3. The number of amides is 2. The zero-order valence-electron chi connectivity index (χ0n) is 19.3. The molecule has 2 amide bonds. The van der Waals surface area contributed by atoms with Crippen molar-refractivity contribution in [2.24, 2.45) is 5.41 Å². The van der Waals surface area contributed by atoms with Gasteiger partial charge < -0.3 is 14.8 Å². The number of imidazole rings is 1. The highest BCUT2D eigenvalue weighted by atomic mass is 16.2. The standard InChI is InChI=1S/C24H32N6O2/c1-17-26-19-7-5-6-8-20(19)29(17)16-12-22(31)28-14-10-18(11-15-28)30-21(9-13-25-30)27-23(32)24(2,3)4/h5-9,13,18H,10-12,14-16H2,1-4H3,(H,27,32). The van der Waals surface area contributed by atoms with Crippen LogP contribution in [0.3, 0.4) is 0 Å². The lowest BCUT2D eigenvalue weighted by Crippen LogP contribution is -2.40. The van der Waals surface area contributed by atoms with E-state index < -0.39 is 5.41 Å². The summed E-state index contributed by atoms with van der Waals surface area (Å²) in [5.74, 6) is 1.79. The fourth-order valence-corrected chi connectivity index (χ4v) is 4.21. The first kappa shape index (κ1) is 22.0. The summed E-state index contributed by atoms with van der Waals surface area (Å²) in [5.41, 5.74) is 1.57. The van der Waals surface area contributed by atoms with E-state index in [1.54, 1.807) is 6.20 Å². The number of aromatic nitrogens is 4. The van der Waals surface area contributed by atoms with Gasteiger partial charge in [-0.15, -0.1) is 0 Å². The summed E-state index contributed by atoms with van der Waals surface area (Å²) in [5, 5.41) is 7.43. The van der Waals surface area contributed by atoms with E-state index in [4.69, 9.17) is 0 Å². The fourth-order valence-electron chi connectivity index (χ4n) is 4.21. The molecule has 1 N–H and O–H groups in total. The molecule has 3 aromatic rings. The largest absolute Gasteiger partial charge is 0.342 e. The number of piperidine rings is 1. The Morgan fingerprint density at radius 2 is 1.84 bits per heavy atom. The first-order valence-electron chi connectivity index (χ1n) is 11.3. The Morgan fingerprint density at radius 1 is 1.12 bits per heavy atom. The average molecular weight is 437 g/mol. The van der Waals surface area contributed by atoms with Crippen LogP contribution < -0.4 is 5.32 Å². The monoisotopic (exact) mass is 436 g/mol. The number of benzene rings is 1. The van der Waals surface area contributed by atoms with Crippen molar-refractivity contribution in [1.82, 2.24) is 24.2 Å². The molecule has 0 spiro atoms. The van der Waals surface area contributed by atoms with Gasteiger partial charge in [0.25, 0.3) is 0 Å². The molecule has 1 aliphatic rings. The second-order valence-corrected chi connectivity index (χ2v) is 9.53. The molecular weight excluding hydrogens is 404 g/mol. The predicted octanol–water partition coefficient (Wildman–Crippen LogP) is 3.78. The maximum atomic E-state index is 12.9. The molecule has 1 saturated heterocycles. The first-order valence-corrected chi connectivity index (χ1v) is 11.3. The Kier molecular flexibility index (Phi) is 6.04. The van der Waals surface area contributed by atoms with Crippen molar-refractivity contribution >= 4 is 28.7 Å². The van der Waals surface area contributed by atoms with Crippen LogP contribution in [0.1, 0.15) is 51.9 Å². The molecular formula is C24H32N6O2. The van der Waals surface area contributed by atoms with Crippen LogP contribution in [0.4, 0.5) is 5.82 Å². The van der Waals surface area contributed by atoms with Crippen LogP contribution in [-0.4, -0.2) is 49.1 Å². The number of rotatable bonds is 5. The molecule has 8 heteroatoms. The third-order valence-electron chi connectivity index (χ3n) is 6.15. The van der Waals surface area contributed by atoms with Crippen molar-refractivity contribution in [2.75, 3.05) is 18.4 Å². The number of para-hydroxylation sites is 2. The number of hydrogen-bond donors (Lipinski definition) is 1. The quantitative estimate of drug-likeness (QED) is 0.660. The van der Waals surface area contributed by atoms with Crippen molar-refractivity contribution in [3.63, 3.8) is 0 Å². The molecule has 0 radical (unpaired) electrons. The predicted molar refractivity (Wildman–Crippen MR) is 124 cm³/mol. The smallest absolute Gasteiger partial charge is 0.230 e. The average Bonchev–Trinajstić information content (AvgIpc) is 3.35. The molecule has 0 aliphatic carbocycles. The molecule has 0 saturated carbocycles. The highest BCUT2D eigenvalue weighted by Gasteiger charge is 2.27. The number of nitrogens with one attached hydrogen (secondary N) is 1. The Hall–Kier alpha value is -3.16. The lowest BCUT2D eigenvalue weighted by molar-refractivity contribution is -0.132.